The van der Waals surface area contributed by atoms with Crippen molar-refractivity contribution < 1.29 is 9.53 Å². The van der Waals surface area contributed by atoms with Crippen LogP contribution in [0.5, 0.6) is 5.75 Å². The maximum absolute atomic E-state index is 14.0. The predicted molar refractivity (Wildman–Crippen MR) is 152 cm³/mol. The topological polar surface area (TPSA) is 91.5 Å². The average Bonchev–Trinajstić information content (AvgIpc) is 2.94. The lowest BCUT2D eigenvalue weighted by atomic mass is 9.86. The van der Waals surface area contributed by atoms with E-state index in [1.54, 1.807) is 23.9 Å². The Kier molecular flexibility index (Phi) is 8.51. The third kappa shape index (κ3) is 5.59. The summed E-state index contributed by atoms with van der Waals surface area (Å²) in [6.07, 6.45) is 4.77. The van der Waals surface area contributed by atoms with E-state index in [-0.39, 0.29) is 17.5 Å². The Hall–Kier alpha value is -3.96. The number of pyridine rings is 2. The van der Waals surface area contributed by atoms with Gasteiger partial charge < -0.3 is 19.1 Å². The molecule has 1 aromatic carbocycles. The third-order valence-electron chi connectivity index (χ3n) is 7.73. The van der Waals surface area contributed by atoms with E-state index in [2.05, 4.69) is 36.0 Å². The number of nitrogens with zero attached hydrogens (tertiary/aromatic N) is 5. The number of nitriles is 1. The molecule has 0 N–H and O–H groups in total. The summed E-state index contributed by atoms with van der Waals surface area (Å²) in [5.41, 5.74) is 6.27. The molecule has 4 rings (SSSR count). The van der Waals surface area contributed by atoms with Crippen molar-refractivity contribution in [2.24, 2.45) is 7.05 Å². The molecule has 0 saturated heterocycles. The molecule has 1 amide bonds. The van der Waals surface area contributed by atoms with Crippen molar-refractivity contribution in [2.75, 3.05) is 33.3 Å². The van der Waals surface area contributed by atoms with Crippen LogP contribution < -0.4 is 10.3 Å². The fourth-order valence-corrected chi connectivity index (χ4v) is 5.16. The summed E-state index contributed by atoms with van der Waals surface area (Å²) in [5.74, 6) is 0.425. The largest absolute Gasteiger partial charge is 0.492 e. The third-order valence-corrected chi connectivity index (χ3v) is 7.73. The van der Waals surface area contributed by atoms with Gasteiger partial charge in [0.15, 0.2) is 0 Å². The van der Waals surface area contributed by atoms with Crippen LogP contribution in [-0.2, 0) is 19.9 Å². The van der Waals surface area contributed by atoms with Gasteiger partial charge in [-0.1, -0.05) is 13.0 Å². The zero-order valence-corrected chi connectivity index (χ0v) is 23.7. The molecule has 0 aliphatic carbocycles. The highest BCUT2D eigenvalue weighted by molar-refractivity contribution is 5.99. The molecular weight excluding hydrogens is 490 g/mol. The fourth-order valence-electron chi connectivity index (χ4n) is 5.16. The normalized spacial score (nSPS) is 13.8. The number of hydrogen-bond donors (Lipinski definition) is 0. The second-order valence-electron chi connectivity index (χ2n) is 10.2. The van der Waals surface area contributed by atoms with Gasteiger partial charge in [0.2, 0.25) is 0 Å². The predicted octanol–water partition coefficient (Wildman–Crippen LogP) is 4.28. The summed E-state index contributed by atoms with van der Waals surface area (Å²) in [7, 11) is 3.84. The number of benzene rings is 1. The molecule has 1 aliphatic rings. The molecule has 1 aliphatic heterocycles. The Labute approximate surface area is 230 Å². The molecule has 1 atom stereocenters. The molecule has 0 saturated carbocycles. The van der Waals surface area contributed by atoms with Crippen molar-refractivity contribution in [1.82, 2.24) is 19.4 Å². The van der Waals surface area contributed by atoms with Gasteiger partial charge in [-0.25, -0.2) is 0 Å². The Bertz CT molecular complexity index is 1490. The van der Waals surface area contributed by atoms with E-state index >= 15 is 0 Å². The highest BCUT2D eigenvalue weighted by Gasteiger charge is 2.32. The van der Waals surface area contributed by atoms with E-state index in [0.29, 0.717) is 47.7 Å². The van der Waals surface area contributed by atoms with Gasteiger partial charge in [-0.3, -0.25) is 14.6 Å². The molecule has 0 bridgehead atoms. The monoisotopic (exact) mass is 527 g/mol. The lowest BCUT2D eigenvalue weighted by Gasteiger charge is -2.35. The van der Waals surface area contributed by atoms with Gasteiger partial charge in [-0.05, 0) is 81.6 Å². The molecule has 3 heterocycles. The van der Waals surface area contributed by atoms with Gasteiger partial charge >= 0.3 is 0 Å². The number of amides is 1. The standard InChI is InChI=1S/C31H37N5O3/c1-7-34(5)12-9-22-15-26(24-10-13-35(6)30(37)20(24)3)25-11-14-36(31(38)27(25)16-22)21(4)28-17-29(39-8-2)23(18-32)19-33-28/h10,13,15-17,19,21H,7-9,11-12,14H2,1-6H3. The number of aromatic nitrogens is 2. The Morgan fingerprint density at radius 1 is 1.18 bits per heavy atom. The van der Waals surface area contributed by atoms with E-state index in [1.165, 1.54) is 6.20 Å². The molecular formula is C31H37N5O3. The zero-order chi connectivity index (χ0) is 28.3. The first-order chi connectivity index (χ1) is 18.7. The molecule has 0 radical (unpaired) electrons. The zero-order valence-electron chi connectivity index (χ0n) is 23.7. The average molecular weight is 528 g/mol. The van der Waals surface area contributed by atoms with Crippen molar-refractivity contribution in [2.45, 2.75) is 46.6 Å². The van der Waals surface area contributed by atoms with Crippen molar-refractivity contribution in [3.05, 3.63) is 80.5 Å². The van der Waals surface area contributed by atoms with E-state index in [9.17, 15) is 14.9 Å². The van der Waals surface area contributed by atoms with Crippen LogP contribution in [0.25, 0.3) is 11.1 Å². The second kappa shape index (κ2) is 11.8. The van der Waals surface area contributed by atoms with E-state index in [1.807, 2.05) is 37.8 Å². The van der Waals surface area contributed by atoms with Crippen LogP contribution in [0.2, 0.25) is 0 Å². The highest BCUT2D eigenvalue weighted by Crippen LogP contribution is 2.36. The van der Waals surface area contributed by atoms with Gasteiger partial charge in [-0.2, -0.15) is 5.26 Å². The van der Waals surface area contributed by atoms with E-state index < -0.39 is 0 Å². The number of hydrogen-bond acceptors (Lipinski definition) is 6. The summed E-state index contributed by atoms with van der Waals surface area (Å²) in [5, 5.41) is 9.41. The van der Waals surface area contributed by atoms with Crippen LogP contribution in [0.15, 0.2) is 41.5 Å². The molecule has 39 heavy (non-hydrogen) atoms. The highest BCUT2D eigenvalue weighted by atomic mass is 16.5. The Balaban J connectivity index is 1.77. The number of rotatable bonds is 9. The SMILES string of the molecule is CCOc1cc(C(C)N2CCc3c(cc(CCN(C)CC)cc3-c3ccn(C)c(=O)c3C)C2=O)ncc1C#N. The Morgan fingerprint density at radius 3 is 2.62 bits per heavy atom. The maximum Gasteiger partial charge on any atom is 0.254 e. The van der Waals surface area contributed by atoms with Crippen LogP contribution in [0, 0.1) is 18.3 Å². The van der Waals surface area contributed by atoms with Gasteiger partial charge in [-0.15, -0.1) is 0 Å². The second-order valence-corrected chi connectivity index (χ2v) is 10.2. The first-order valence-electron chi connectivity index (χ1n) is 13.5. The van der Waals surface area contributed by atoms with Crippen molar-refractivity contribution >= 4 is 5.91 Å². The molecule has 204 valence electrons. The van der Waals surface area contributed by atoms with Crippen molar-refractivity contribution in [1.29, 1.82) is 5.26 Å². The molecule has 3 aromatic rings. The van der Waals surface area contributed by atoms with Crippen molar-refractivity contribution in [3.8, 4) is 22.9 Å². The molecule has 8 heteroatoms. The maximum atomic E-state index is 14.0. The minimum absolute atomic E-state index is 0.0354. The summed E-state index contributed by atoms with van der Waals surface area (Å²) < 4.78 is 7.24. The Morgan fingerprint density at radius 2 is 1.92 bits per heavy atom. The lowest BCUT2D eigenvalue weighted by Crippen LogP contribution is -2.40. The molecule has 0 spiro atoms. The molecule has 2 aromatic heterocycles. The number of aryl methyl sites for hydroxylation is 1. The minimum Gasteiger partial charge on any atom is -0.492 e. The molecule has 8 nitrogen and oxygen atoms in total. The van der Waals surface area contributed by atoms with Crippen LogP contribution in [0.1, 0.15) is 65.1 Å². The molecule has 1 unspecified atom stereocenters. The quantitative estimate of drug-likeness (QED) is 0.413. The first kappa shape index (κ1) is 28.1. The fraction of sp³-hybridized carbons (Fsp3) is 0.419. The van der Waals surface area contributed by atoms with E-state index in [4.69, 9.17) is 4.74 Å². The van der Waals surface area contributed by atoms with Gasteiger partial charge in [0.1, 0.15) is 17.4 Å². The summed E-state index contributed by atoms with van der Waals surface area (Å²) in [6, 6.07) is 9.74. The number of likely N-dealkylation sites (N-methyl/N-ethyl adjacent to an activating group) is 1. The van der Waals surface area contributed by atoms with Gasteiger partial charge in [0.05, 0.1) is 18.3 Å². The summed E-state index contributed by atoms with van der Waals surface area (Å²) in [4.78, 5) is 35.4. The van der Waals surface area contributed by atoms with Crippen LogP contribution in [-0.4, -0.2) is 58.5 Å². The van der Waals surface area contributed by atoms with Crippen LogP contribution in [0.4, 0.5) is 0 Å². The van der Waals surface area contributed by atoms with Gasteiger partial charge in [0.25, 0.3) is 11.5 Å². The summed E-state index contributed by atoms with van der Waals surface area (Å²) >= 11 is 0. The van der Waals surface area contributed by atoms with Gasteiger partial charge in [0, 0.05) is 49.7 Å². The number of carbonyl (C=O) groups excluding carboxylic acids is 1. The number of ether oxygens (including phenoxy) is 1. The van der Waals surface area contributed by atoms with Crippen LogP contribution >= 0.6 is 0 Å². The molecule has 0 fully saturated rings. The number of fused-ring (bicyclic) bond motifs is 1. The lowest BCUT2D eigenvalue weighted by molar-refractivity contribution is 0.0669. The van der Waals surface area contributed by atoms with E-state index in [0.717, 1.165) is 41.8 Å². The van der Waals surface area contributed by atoms with Crippen LogP contribution in [0.3, 0.4) is 0 Å². The summed E-state index contributed by atoms with van der Waals surface area (Å²) in [6.45, 7) is 10.6. The van der Waals surface area contributed by atoms with Crippen molar-refractivity contribution in [3.63, 3.8) is 0 Å². The smallest absolute Gasteiger partial charge is 0.254 e. The number of carbonyl (C=O) groups is 1. The minimum atomic E-state index is -0.304. The first-order valence-corrected chi connectivity index (χ1v) is 13.5.